The van der Waals surface area contributed by atoms with E-state index in [2.05, 4.69) is 82.8 Å². The highest BCUT2D eigenvalue weighted by atomic mass is 79.9. The molecule has 0 unspecified atom stereocenters. The molecule has 0 saturated heterocycles. The second-order valence-corrected chi connectivity index (χ2v) is 10.2. The van der Waals surface area contributed by atoms with Crippen molar-refractivity contribution < 1.29 is 0 Å². The van der Waals surface area contributed by atoms with Gasteiger partial charge in [0.1, 0.15) is 5.69 Å². The van der Waals surface area contributed by atoms with E-state index in [-0.39, 0.29) is 5.41 Å². The normalized spacial score (nSPS) is 13.7. The number of hydrogen-bond acceptors (Lipinski definition) is 4. The maximum absolute atomic E-state index is 5.00. The summed E-state index contributed by atoms with van der Waals surface area (Å²) >= 11 is 3.51. The number of para-hydroxylation sites is 2. The molecule has 5 aromatic rings. The first kappa shape index (κ1) is 21.7. The number of benzene rings is 4. The average Bonchev–Trinajstić information content (AvgIpc) is 3.10. The highest BCUT2D eigenvalue weighted by molar-refractivity contribution is 9.10. The zero-order chi connectivity index (χ0) is 24.0. The van der Waals surface area contributed by atoms with Gasteiger partial charge in [0.15, 0.2) is 5.82 Å². The molecule has 1 heterocycles. The molecule has 0 radical (unpaired) electrons. The van der Waals surface area contributed by atoms with Crippen molar-refractivity contribution in [1.82, 2.24) is 9.97 Å². The largest absolute Gasteiger partial charge is 0.260 e. The van der Waals surface area contributed by atoms with Crippen molar-refractivity contribution in [3.05, 3.63) is 112 Å². The minimum atomic E-state index is -0.0847. The van der Waals surface area contributed by atoms with Crippen LogP contribution in [0.15, 0.2) is 101 Å². The van der Waals surface area contributed by atoms with E-state index in [0.717, 1.165) is 32.3 Å². The van der Waals surface area contributed by atoms with Crippen molar-refractivity contribution in [2.24, 2.45) is 5.10 Å². The van der Waals surface area contributed by atoms with Crippen molar-refractivity contribution in [1.29, 1.82) is 0 Å². The molecule has 0 fully saturated rings. The number of hydrogen-bond donors (Lipinski definition) is 1. The van der Waals surface area contributed by atoms with Gasteiger partial charge in [0.2, 0.25) is 0 Å². The predicted octanol–water partition coefficient (Wildman–Crippen LogP) is 7.81. The summed E-state index contributed by atoms with van der Waals surface area (Å²) in [6, 6.07) is 31.2. The van der Waals surface area contributed by atoms with Gasteiger partial charge in [-0.2, -0.15) is 5.10 Å². The van der Waals surface area contributed by atoms with Gasteiger partial charge in [0.25, 0.3) is 0 Å². The fraction of sp³-hybridized carbons (Fsp3) is 0.100. The monoisotopic (exact) mass is 518 g/mol. The van der Waals surface area contributed by atoms with Crippen LogP contribution in [0.25, 0.3) is 33.4 Å². The number of halogens is 1. The molecule has 0 aliphatic heterocycles. The third-order valence-corrected chi connectivity index (χ3v) is 7.15. The van der Waals surface area contributed by atoms with Crippen LogP contribution in [0.1, 0.15) is 30.5 Å². The lowest BCUT2D eigenvalue weighted by molar-refractivity contribution is 0.660. The first-order valence-corrected chi connectivity index (χ1v) is 12.4. The van der Waals surface area contributed by atoms with Crippen molar-refractivity contribution in [2.45, 2.75) is 19.3 Å². The number of nitrogens with one attached hydrogen (secondary N) is 1. The van der Waals surface area contributed by atoms with Crippen LogP contribution in [0.2, 0.25) is 0 Å². The summed E-state index contributed by atoms with van der Waals surface area (Å²) in [6.07, 6.45) is 1.79. The molecule has 1 aliphatic carbocycles. The standard InChI is InChI=1S/C30H23BrN4/c1-30(2)24-11-4-3-10-22(24)23-15-14-20(17-25(23)30)28-29(34-27-13-6-5-12-26(27)33-28)35-32-18-19-8-7-9-21(31)16-19/h3-18H,1-2H3,(H,34,35)/b32-18+. The van der Waals surface area contributed by atoms with E-state index in [1.54, 1.807) is 6.21 Å². The van der Waals surface area contributed by atoms with Gasteiger partial charge in [-0.15, -0.1) is 0 Å². The molecule has 6 rings (SSSR count). The summed E-state index contributed by atoms with van der Waals surface area (Å²) in [6.45, 7) is 4.57. The molecule has 1 aliphatic rings. The van der Waals surface area contributed by atoms with Crippen LogP contribution in [-0.4, -0.2) is 16.2 Å². The third kappa shape index (κ3) is 3.82. The van der Waals surface area contributed by atoms with Crippen molar-refractivity contribution >= 4 is 39.0 Å². The number of rotatable bonds is 4. The zero-order valence-electron chi connectivity index (χ0n) is 19.5. The topological polar surface area (TPSA) is 50.2 Å². The van der Waals surface area contributed by atoms with Crippen LogP contribution >= 0.6 is 15.9 Å². The lowest BCUT2D eigenvalue weighted by atomic mass is 9.82. The van der Waals surface area contributed by atoms with Gasteiger partial charge in [-0.25, -0.2) is 9.97 Å². The summed E-state index contributed by atoms with van der Waals surface area (Å²) in [5.74, 6) is 0.628. The van der Waals surface area contributed by atoms with Crippen molar-refractivity contribution in [3.63, 3.8) is 0 Å². The van der Waals surface area contributed by atoms with E-state index in [9.17, 15) is 0 Å². The first-order valence-electron chi connectivity index (χ1n) is 11.6. The lowest BCUT2D eigenvalue weighted by Gasteiger charge is -2.22. The second kappa shape index (κ2) is 8.43. The number of anilines is 1. The van der Waals surface area contributed by atoms with Gasteiger partial charge in [0.05, 0.1) is 17.2 Å². The molecule has 5 heteroatoms. The van der Waals surface area contributed by atoms with Crippen LogP contribution in [0.3, 0.4) is 0 Å². The molecule has 1 aromatic heterocycles. The van der Waals surface area contributed by atoms with Crippen LogP contribution in [0, 0.1) is 0 Å². The van der Waals surface area contributed by atoms with E-state index >= 15 is 0 Å². The summed E-state index contributed by atoms with van der Waals surface area (Å²) in [5, 5.41) is 4.48. The smallest absolute Gasteiger partial charge is 0.173 e. The Hall–Kier alpha value is -3.83. The van der Waals surface area contributed by atoms with E-state index in [1.807, 2.05) is 48.5 Å². The fourth-order valence-electron chi connectivity index (χ4n) is 4.89. The zero-order valence-corrected chi connectivity index (χ0v) is 21.0. The van der Waals surface area contributed by atoms with Gasteiger partial charge in [-0.3, -0.25) is 5.43 Å². The van der Waals surface area contributed by atoms with Crippen LogP contribution in [-0.2, 0) is 5.41 Å². The molecule has 0 bridgehead atoms. The molecular weight excluding hydrogens is 496 g/mol. The highest BCUT2D eigenvalue weighted by Gasteiger charge is 2.35. The molecule has 4 nitrogen and oxygen atoms in total. The van der Waals surface area contributed by atoms with Crippen LogP contribution in [0.4, 0.5) is 5.82 Å². The highest BCUT2D eigenvalue weighted by Crippen LogP contribution is 2.49. The first-order chi connectivity index (χ1) is 17.0. The number of aromatic nitrogens is 2. The average molecular weight is 519 g/mol. The molecule has 0 spiro atoms. The Balaban J connectivity index is 1.45. The SMILES string of the molecule is CC1(C)c2ccccc2-c2ccc(-c3nc4ccccc4nc3N/N=C/c3cccc(Br)c3)cc21. The maximum atomic E-state index is 5.00. The molecule has 0 amide bonds. The van der Waals surface area contributed by atoms with E-state index in [1.165, 1.54) is 22.3 Å². The summed E-state index contributed by atoms with van der Waals surface area (Å²) in [5.41, 5.74) is 12.8. The summed E-state index contributed by atoms with van der Waals surface area (Å²) in [4.78, 5) is 9.87. The molecule has 35 heavy (non-hydrogen) atoms. The quantitative estimate of drug-likeness (QED) is 0.195. The molecule has 170 valence electrons. The third-order valence-electron chi connectivity index (χ3n) is 6.66. The van der Waals surface area contributed by atoms with E-state index in [4.69, 9.17) is 9.97 Å². The molecule has 0 saturated carbocycles. The maximum Gasteiger partial charge on any atom is 0.173 e. The predicted molar refractivity (Wildman–Crippen MR) is 148 cm³/mol. The summed E-state index contributed by atoms with van der Waals surface area (Å²) in [7, 11) is 0. The Morgan fingerprint density at radius 3 is 2.34 bits per heavy atom. The Morgan fingerprint density at radius 2 is 1.51 bits per heavy atom. The van der Waals surface area contributed by atoms with Crippen LogP contribution in [0.5, 0.6) is 0 Å². The van der Waals surface area contributed by atoms with Gasteiger partial charge in [-0.05, 0) is 58.1 Å². The minimum absolute atomic E-state index is 0.0847. The molecule has 4 aromatic carbocycles. The number of nitrogens with zero attached hydrogens (tertiary/aromatic N) is 3. The second-order valence-electron chi connectivity index (χ2n) is 9.27. The van der Waals surface area contributed by atoms with Crippen molar-refractivity contribution in [2.75, 3.05) is 5.43 Å². The Morgan fingerprint density at radius 1 is 0.771 bits per heavy atom. The Bertz CT molecular complexity index is 1620. The molecule has 1 N–H and O–H groups in total. The van der Waals surface area contributed by atoms with Gasteiger partial charge in [-0.1, -0.05) is 90.4 Å². The number of hydrazone groups is 1. The van der Waals surface area contributed by atoms with Gasteiger partial charge in [0, 0.05) is 15.5 Å². The Kier molecular flexibility index (Phi) is 5.23. The molecular formula is C30H23BrN4. The van der Waals surface area contributed by atoms with Gasteiger partial charge >= 0.3 is 0 Å². The number of fused-ring (bicyclic) bond motifs is 4. The summed E-state index contributed by atoms with van der Waals surface area (Å²) < 4.78 is 1.01. The Labute approximate surface area is 212 Å². The molecule has 0 atom stereocenters. The fourth-order valence-corrected chi connectivity index (χ4v) is 5.30. The minimum Gasteiger partial charge on any atom is -0.260 e. The van der Waals surface area contributed by atoms with Crippen molar-refractivity contribution in [3.8, 4) is 22.4 Å². The van der Waals surface area contributed by atoms with E-state index < -0.39 is 0 Å². The van der Waals surface area contributed by atoms with E-state index in [0.29, 0.717) is 5.82 Å². The lowest BCUT2D eigenvalue weighted by Crippen LogP contribution is -2.15. The van der Waals surface area contributed by atoms with Crippen LogP contribution < -0.4 is 5.43 Å². The van der Waals surface area contributed by atoms with Gasteiger partial charge < -0.3 is 0 Å².